The van der Waals surface area contributed by atoms with Gasteiger partial charge in [0.2, 0.25) is 11.8 Å². The van der Waals surface area contributed by atoms with Crippen molar-refractivity contribution < 1.29 is 19.1 Å². The molecule has 1 aliphatic heterocycles. The molecule has 3 rings (SSSR count). The molecule has 1 saturated heterocycles. The van der Waals surface area contributed by atoms with Crippen LogP contribution in [0.25, 0.3) is 0 Å². The second-order valence-corrected chi connectivity index (χ2v) is 6.86. The molecule has 1 aromatic heterocycles. The van der Waals surface area contributed by atoms with Gasteiger partial charge in [0.05, 0.1) is 19.4 Å². The number of amides is 2. The molecule has 0 aromatic carbocycles. The molecule has 1 aromatic rings. The number of carbonyl (C=O) groups excluding carboxylic acids is 3. The Labute approximate surface area is 138 Å². The van der Waals surface area contributed by atoms with Gasteiger partial charge in [-0.1, -0.05) is 0 Å². The average Bonchev–Trinajstić information content (AvgIpc) is 3.04. The molecule has 0 saturated carbocycles. The fraction of sp³-hybridized carbons (Fsp3) is 0.562. The Morgan fingerprint density at radius 3 is 3.09 bits per heavy atom. The summed E-state index contributed by atoms with van der Waals surface area (Å²) in [5.74, 6) is -1.01. The first-order chi connectivity index (χ1) is 11.1. The number of fused-ring (bicyclic) bond motifs is 1. The normalized spacial score (nSPS) is 23.9. The van der Waals surface area contributed by atoms with E-state index in [1.54, 1.807) is 16.2 Å². The first-order valence-electron chi connectivity index (χ1n) is 7.83. The Hall–Kier alpha value is -1.89. The van der Waals surface area contributed by atoms with Crippen LogP contribution in [0.2, 0.25) is 0 Å². The maximum atomic E-state index is 13.0. The Balaban J connectivity index is 1.82. The van der Waals surface area contributed by atoms with Gasteiger partial charge in [-0.3, -0.25) is 14.4 Å². The van der Waals surface area contributed by atoms with Crippen molar-refractivity contribution in [2.75, 3.05) is 20.2 Å². The summed E-state index contributed by atoms with van der Waals surface area (Å²) in [5.41, 5.74) is 1.09. The molecule has 0 radical (unpaired) electrons. The molecule has 2 amide bonds. The third-order valence-electron chi connectivity index (χ3n) is 4.55. The van der Waals surface area contributed by atoms with Crippen LogP contribution in [0, 0.1) is 0 Å². The number of piperazine rings is 1. The van der Waals surface area contributed by atoms with Crippen molar-refractivity contribution in [1.82, 2.24) is 10.2 Å². The number of carbonyl (C=O) groups is 3. The van der Waals surface area contributed by atoms with E-state index in [2.05, 4.69) is 10.1 Å². The molecule has 1 N–H and O–H groups in total. The molecule has 6 nitrogen and oxygen atoms in total. The summed E-state index contributed by atoms with van der Waals surface area (Å²) < 4.78 is 4.66. The van der Waals surface area contributed by atoms with E-state index in [0.717, 1.165) is 24.8 Å². The van der Waals surface area contributed by atoms with Crippen LogP contribution in [0.1, 0.15) is 35.6 Å². The molecule has 1 aliphatic carbocycles. The Bertz CT molecular complexity index is 627. The molecule has 0 spiro atoms. The monoisotopic (exact) mass is 336 g/mol. The maximum Gasteiger partial charge on any atom is 0.308 e. The minimum atomic E-state index is -0.771. The van der Waals surface area contributed by atoms with Gasteiger partial charge in [0, 0.05) is 18.0 Å². The number of esters is 1. The number of ether oxygens (including phenoxy) is 1. The lowest BCUT2D eigenvalue weighted by Crippen LogP contribution is -2.58. The van der Waals surface area contributed by atoms with Crippen molar-refractivity contribution in [3.8, 4) is 0 Å². The highest BCUT2D eigenvalue weighted by atomic mass is 32.1. The van der Waals surface area contributed by atoms with Gasteiger partial charge in [-0.25, -0.2) is 0 Å². The predicted molar refractivity (Wildman–Crippen MR) is 85.1 cm³/mol. The van der Waals surface area contributed by atoms with Crippen molar-refractivity contribution >= 4 is 29.1 Å². The minimum Gasteiger partial charge on any atom is -0.469 e. The summed E-state index contributed by atoms with van der Waals surface area (Å²) in [6.07, 6.45) is 2.69. The summed E-state index contributed by atoms with van der Waals surface area (Å²) in [5, 5.41) is 4.74. The zero-order valence-electron chi connectivity index (χ0n) is 13.0. The van der Waals surface area contributed by atoms with Crippen molar-refractivity contribution in [3.63, 3.8) is 0 Å². The van der Waals surface area contributed by atoms with Gasteiger partial charge in [0.1, 0.15) is 6.04 Å². The highest BCUT2D eigenvalue weighted by Crippen LogP contribution is 2.36. The van der Waals surface area contributed by atoms with Crippen LogP contribution in [-0.2, 0) is 25.5 Å². The number of nitrogens with one attached hydrogen (secondary N) is 1. The number of aryl methyl sites for hydroxylation is 1. The van der Waals surface area contributed by atoms with E-state index >= 15 is 0 Å². The Kier molecular flexibility index (Phi) is 4.66. The summed E-state index contributed by atoms with van der Waals surface area (Å²) in [7, 11) is 1.29. The second-order valence-electron chi connectivity index (χ2n) is 5.86. The van der Waals surface area contributed by atoms with E-state index in [4.69, 9.17) is 0 Å². The number of methoxy groups -OCH3 is 1. The number of nitrogens with zero attached hydrogens (tertiary/aromatic N) is 1. The second kappa shape index (κ2) is 6.70. The molecule has 124 valence electrons. The molecule has 2 heterocycles. The van der Waals surface area contributed by atoms with E-state index in [9.17, 15) is 14.4 Å². The topological polar surface area (TPSA) is 75.7 Å². The smallest absolute Gasteiger partial charge is 0.308 e. The van der Waals surface area contributed by atoms with Gasteiger partial charge < -0.3 is 15.0 Å². The average molecular weight is 336 g/mol. The van der Waals surface area contributed by atoms with Crippen LogP contribution >= 0.6 is 11.3 Å². The summed E-state index contributed by atoms with van der Waals surface area (Å²) in [6.45, 7) is 0.855. The molecular weight excluding hydrogens is 316 g/mol. The van der Waals surface area contributed by atoms with Crippen LogP contribution in [0.15, 0.2) is 11.4 Å². The van der Waals surface area contributed by atoms with Gasteiger partial charge in [0.25, 0.3) is 0 Å². The van der Waals surface area contributed by atoms with Gasteiger partial charge in [-0.15, -0.1) is 11.3 Å². The Morgan fingerprint density at radius 2 is 2.30 bits per heavy atom. The third kappa shape index (κ3) is 3.10. The third-order valence-corrected chi connectivity index (χ3v) is 5.55. The molecule has 7 heteroatoms. The van der Waals surface area contributed by atoms with Crippen LogP contribution in [0.3, 0.4) is 0 Å². The van der Waals surface area contributed by atoms with E-state index < -0.39 is 12.0 Å². The van der Waals surface area contributed by atoms with Gasteiger partial charge in [0.15, 0.2) is 0 Å². The number of thiophene rings is 1. The molecule has 1 fully saturated rings. The van der Waals surface area contributed by atoms with Crippen LogP contribution in [-0.4, -0.2) is 48.9 Å². The number of hydrogen-bond acceptors (Lipinski definition) is 5. The first-order valence-corrected chi connectivity index (χ1v) is 8.71. The number of hydrogen-bond donors (Lipinski definition) is 1. The zero-order valence-corrected chi connectivity index (χ0v) is 13.9. The van der Waals surface area contributed by atoms with Crippen molar-refractivity contribution in [2.24, 2.45) is 0 Å². The fourth-order valence-electron chi connectivity index (χ4n) is 3.37. The van der Waals surface area contributed by atoms with Crippen LogP contribution < -0.4 is 5.32 Å². The predicted octanol–water partition coefficient (Wildman–Crippen LogP) is 1.06. The Morgan fingerprint density at radius 1 is 1.48 bits per heavy atom. The van der Waals surface area contributed by atoms with E-state index in [0.29, 0.717) is 13.1 Å². The highest BCUT2D eigenvalue weighted by molar-refractivity contribution is 7.10. The molecule has 2 atom stereocenters. The highest BCUT2D eigenvalue weighted by Gasteiger charge is 2.39. The van der Waals surface area contributed by atoms with Crippen molar-refractivity contribution in [2.45, 2.75) is 37.6 Å². The molecule has 0 unspecified atom stereocenters. The summed E-state index contributed by atoms with van der Waals surface area (Å²) in [6, 6.07) is 1.24. The lowest BCUT2D eigenvalue weighted by atomic mass is 9.86. The number of rotatable bonds is 3. The van der Waals surface area contributed by atoms with Crippen molar-refractivity contribution in [3.05, 3.63) is 21.9 Å². The standard InChI is InChI=1S/C16H20N2O4S/c1-22-14(19)9-12-15(20)17-6-7-18(12)16(21)11-3-2-4-13-10(11)5-8-23-13/h5,8,11-12H,2-4,6-7,9H2,1H3,(H,17,20)/t11-,12-/m0/s1. The summed E-state index contributed by atoms with van der Waals surface area (Å²) >= 11 is 1.68. The van der Waals surface area contributed by atoms with Gasteiger partial charge >= 0.3 is 5.97 Å². The van der Waals surface area contributed by atoms with Crippen LogP contribution in [0.4, 0.5) is 0 Å². The summed E-state index contributed by atoms with van der Waals surface area (Å²) in [4.78, 5) is 39.6. The maximum absolute atomic E-state index is 13.0. The SMILES string of the molecule is COC(=O)C[C@H]1C(=O)NCCN1C(=O)[C@H]1CCCc2sccc21. The lowest BCUT2D eigenvalue weighted by molar-refractivity contribution is -0.151. The van der Waals surface area contributed by atoms with E-state index in [1.807, 2.05) is 11.4 Å². The lowest BCUT2D eigenvalue weighted by Gasteiger charge is -2.37. The molecular formula is C16H20N2O4S. The first kappa shape index (κ1) is 16.0. The van der Waals surface area contributed by atoms with E-state index in [-0.39, 0.29) is 24.2 Å². The largest absolute Gasteiger partial charge is 0.469 e. The van der Waals surface area contributed by atoms with Crippen LogP contribution in [0.5, 0.6) is 0 Å². The van der Waals surface area contributed by atoms with Gasteiger partial charge in [-0.2, -0.15) is 0 Å². The minimum absolute atomic E-state index is 0.0481. The van der Waals surface area contributed by atoms with Crippen molar-refractivity contribution in [1.29, 1.82) is 0 Å². The zero-order chi connectivity index (χ0) is 16.4. The van der Waals surface area contributed by atoms with Gasteiger partial charge in [-0.05, 0) is 36.3 Å². The molecule has 23 heavy (non-hydrogen) atoms. The molecule has 2 aliphatic rings. The molecule has 0 bridgehead atoms. The fourth-order valence-corrected chi connectivity index (χ4v) is 4.35. The quantitative estimate of drug-likeness (QED) is 0.838. The van der Waals surface area contributed by atoms with E-state index in [1.165, 1.54) is 12.0 Å².